The molecule has 0 aromatic carbocycles. The first-order valence-electron chi connectivity index (χ1n) is 7.21. The minimum Gasteiger partial charge on any atom is -0.453 e. The highest BCUT2D eigenvalue weighted by molar-refractivity contribution is 5.86. The van der Waals surface area contributed by atoms with E-state index < -0.39 is 12.1 Å². The van der Waals surface area contributed by atoms with Crippen LogP contribution < -0.4 is 5.32 Å². The van der Waals surface area contributed by atoms with E-state index in [4.69, 9.17) is 0 Å². The van der Waals surface area contributed by atoms with Crippen molar-refractivity contribution >= 4 is 12.0 Å². The van der Waals surface area contributed by atoms with Gasteiger partial charge in [0, 0.05) is 18.9 Å². The van der Waals surface area contributed by atoms with E-state index in [0.717, 1.165) is 12.2 Å². The molecular weight excluding hydrogens is 272 g/mol. The molecule has 0 radical (unpaired) electrons. The van der Waals surface area contributed by atoms with Crippen LogP contribution in [0.15, 0.2) is 12.4 Å². The second-order valence-electron chi connectivity index (χ2n) is 5.42. The highest BCUT2D eigenvalue weighted by Crippen LogP contribution is 2.34. The molecule has 1 aliphatic heterocycles. The van der Waals surface area contributed by atoms with Gasteiger partial charge >= 0.3 is 6.09 Å². The maximum absolute atomic E-state index is 12.7. The zero-order chi connectivity index (χ0) is 15.4. The average molecular weight is 294 g/mol. The molecule has 3 atom stereocenters. The third-order valence-electron chi connectivity index (χ3n) is 3.81. The Morgan fingerprint density at radius 3 is 2.95 bits per heavy atom. The SMILES string of the molecule is CC[C@H](NC(=O)OC)C(=O)N1C[C@@H](C)C[C@H]1c1ncc[nH]1. The number of aromatic nitrogens is 2. The van der Waals surface area contributed by atoms with Gasteiger partial charge in [-0.05, 0) is 18.8 Å². The van der Waals surface area contributed by atoms with Crippen LogP contribution in [0.1, 0.15) is 38.6 Å². The van der Waals surface area contributed by atoms with E-state index in [-0.39, 0.29) is 11.9 Å². The van der Waals surface area contributed by atoms with Crippen molar-refractivity contribution in [3.8, 4) is 0 Å². The highest BCUT2D eigenvalue weighted by atomic mass is 16.5. The molecule has 1 fully saturated rings. The Hall–Kier alpha value is -2.05. The number of carbonyl (C=O) groups is 2. The number of hydrogen-bond donors (Lipinski definition) is 2. The van der Waals surface area contributed by atoms with E-state index in [1.54, 1.807) is 17.3 Å². The van der Waals surface area contributed by atoms with Crippen molar-refractivity contribution < 1.29 is 14.3 Å². The second kappa shape index (κ2) is 6.60. The van der Waals surface area contributed by atoms with Gasteiger partial charge in [-0.3, -0.25) is 4.79 Å². The Kier molecular flexibility index (Phi) is 4.82. The zero-order valence-corrected chi connectivity index (χ0v) is 12.6. The van der Waals surface area contributed by atoms with Crippen LogP contribution in [0.5, 0.6) is 0 Å². The van der Waals surface area contributed by atoms with E-state index in [2.05, 4.69) is 26.9 Å². The topological polar surface area (TPSA) is 87.3 Å². The predicted octanol–water partition coefficient (Wildman–Crippen LogP) is 1.45. The zero-order valence-electron chi connectivity index (χ0n) is 12.6. The number of H-pyrrole nitrogens is 1. The number of nitrogens with one attached hydrogen (secondary N) is 2. The summed E-state index contributed by atoms with van der Waals surface area (Å²) in [4.78, 5) is 33.2. The van der Waals surface area contributed by atoms with Crippen LogP contribution in [0.2, 0.25) is 0 Å². The van der Waals surface area contributed by atoms with E-state index in [1.807, 2.05) is 6.92 Å². The van der Waals surface area contributed by atoms with Crippen LogP contribution in [0.3, 0.4) is 0 Å². The third-order valence-corrected chi connectivity index (χ3v) is 3.81. The van der Waals surface area contributed by atoms with Gasteiger partial charge in [0.1, 0.15) is 11.9 Å². The fourth-order valence-corrected chi connectivity index (χ4v) is 2.75. The number of imidazole rings is 1. The van der Waals surface area contributed by atoms with Gasteiger partial charge in [0.2, 0.25) is 5.91 Å². The number of alkyl carbamates (subject to hydrolysis) is 1. The summed E-state index contributed by atoms with van der Waals surface area (Å²) in [7, 11) is 1.29. The third kappa shape index (κ3) is 3.34. The quantitative estimate of drug-likeness (QED) is 0.880. The number of methoxy groups -OCH3 is 1. The summed E-state index contributed by atoms with van der Waals surface area (Å²) in [6, 6.07) is -0.629. The smallest absolute Gasteiger partial charge is 0.407 e. The molecule has 2 heterocycles. The molecule has 2 rings (SSSR count). The lowest BCUT2D eigenvalue weighted by Crippen LogP contribution is -2.48. The van der Waals surface area contributed by atoms with E-state index in [0.29, 0.717) is 18.9 Å². The highest BCUT2D eigenvalue weighted by Gasteiger charge is 2.38. The van der Waals surface area contributed by atoms with Crippen molar-refractivity contribution in [1.29, 1.82) is 0 Å². The van der Waals surface area contributed by atoms with Crippen molar-refractivity contribution in [2.45, 2.75) is 38.8 Å². The maximum atomic E-state index is 12.7. The molecule has 1 aliphatic rings. The van der Waals surface area contributed by atoms with Gasteiger partial charge in [-0.2, -0.15) is 0 Å². The number of hydrogen-bond acceptors (Lipinski definition) is 4. The molecule has 0 bridgehead atoms. The molecule has 0 saturated carbocycles. The molecule has 0 unspecified atom stereocenters. The Bertz CT molecular complexity index is 488. The molecule has 7 heteroatoms. The van der Waals surface area contributed by atoms with Crippen LogP contribution in [-0.2, 0) is 9.53 Å². The number of aromatic amines is 1. The number of ether oxygens (including phenoxy) is 1. The first-order valence-corrected chi connectivity index (χ1v) is 7.21. The monoisotopic (exact) mass is 294 g/mol. The summed E-state index contributed by atoms with van der Waals surface area (Å²) in [5.74, 6) is 1.11. The van der Waals surface area contributed by atoms with Gasteiger partial charge in [0.25, 0.3) is 0 Å². The van der Waals surface area contributed by atoms with Crippen molar-refractivity contribution in [3.05, 3.63) is 18.2 Å². The molecule has 7 nitrogen and oxygen atoms in total. The van der Waals surface area contributed by atoms with E-state index >= 15 is 0 Å². The number of carbonyl (C=O) groups excluding carboxylic acids is 2. The molecular formula is C14H22N4O3. The summed E-state index contributed by atoms with van der Waals surface area (Å²) < 4.78 is 4.58. The number of amides is 2. The molecule has 2 amide bonds. The fourth-order valence-electron chi connectivity index (χ4n) is 2.75. The molecule has 0 spiro atoms. The lowest BCUT2D eigenvalue weighted by atomic mass is 10.1. The van der Waals surface area contributed by atoms with Crippen molar-refractivity contribution in [2.75, 3.05) is 13.7 Å². The van der Waals surface area contributed by atoms with Crippen LogP contribution >= 0.6 is 0 Å². The van der Waals surface area contributed by atoms with Crippen LogP contribution in [0.25, 0.3) is 0 Å². The summed E-state index contributed by atoms with van der Waals surface area (Å²) >= 11 is 0. The Morgan fingerprint density at radius 1 is 1.62 bits per heavy atom. The number of rotatable bonds is 4. The van der Waals surface area contributed by atoms with Gasteiger partial charge in [0.05, 0.1) is 13.2 Å². The predicted molar refractivity (Wildman–Crippen MR) is 76.4 cm³/mol. The molecule has 1 aromatic rings. The number of likely N-dealkylation sites (tertiary alicyclic amines) is 1. The standard InChI is InChI=1S/C14H22N4O3/c1-4-10(17-14(20)21-3)13(19)18-8-9(2)7-11(18)12-15-5-6-16-12/h5-6,9-11H,4,7-8H2,1-3H3,(H,15,16)(H,17,20)/t9-,10-,11-/m0/s1. The maximum Gasteiger partial charge on any atom is 0.407 e. The Morgan fingerprint density at radius 2 is 2.38 bits per heavy atom. The normalized spacial score (nSPS) is 22.9. The fraction of sp³-hybridized carbons (Fsp3) is 0.643. The Labute approximate surface area is 124 Å². The van der Waals surface area contributed by atoms with Crippen LogP contribution in [0, 0.1) is 5.92 Å². The Balaban J connectivity index is 2.13. The van der Waals surface area contributed by atoms with Crippen molar-refractivity contribution in [1.82, 2.24) is 20.2 Å². The van der Waals surface area contributed by atoms with Gasteiger partial charge in [0.15, 0.2) is 0 Å². The lowest BCUT2D eigenvalue weighted by Gasteiger charge is -2.27. The molecule has 1 saturated heterocycles. The molecule has 21 heavy (non-hydrogen) atoms. The average Bonchev–Trinajstić information content (AvgIpc) is 3.12. The number of nitrogens with zero attached hydrogens (tertiary/aromatic N) is 2. The molecule has 1 aromatic heterocycles. The van der Waals surface area contributed by atoms with E-state index in [1.165, 1.54) is 7.11 Å². The first-order chi connectivity index (χ1) is 10.1. The summed E-state index contributed by atoms with van der Waals surface area (Å²) in [6.45, 7) is 4.64. The first kappa shape index (κ1) is 15.3. The molecule has 0 aliphatic carbocycles. The van der Waals surface area contributed by atoms with E-state index in [9.17, 15) is 9.59 Å². The molecule has 2 N–H and O–H groups in total. The summed E-state index contributed by atoms with van der Waals surface area (Å²) in [5, 5.41) is 2.59. The van der Waals surface area contributed by atoms with Gasteiger partial charge < -0.3 is 19.9 Å². The molecule has 116 valence electrons. The summed E-state index contributed by atoms with van der Waals surface area (Å²) in [6.07, 6.45) is 4.24. The largest absolute Gasteiger partial charge is 0.453 e. The van der Waals surface area contributed by atoms with Gasteiger partial charge in [-0.25, -0.2) is 9.78 Å². The lowest BCUT2D eigenvalue weighted by molar-refractivity contribution is -0.134. The second-order valence-corrected chi connectivity index (χ2v) is 5.42. The summed E-state index contributed by atoms with van der Waals surface area (Å²) in [5.41, 5.74) is 0. The minimum atomic E-state index is -0.586. The van der Waals surface area contributed by atoms with Crippen LogP contribution in [-0.4, -0.2) is 46.6 Å². The minimum absolute atomic E-state index is 0.0593. The van der Waals surface area contributed by atoms with Gasteiger partial charge in [-0.15, -0.1) is 0 Å². The van der Waals surface area contributed by atoms with Crippen molar-refractivity contribution in [3.63, 3.8) is 0 Å². The van der Waals surface area contributed by atoms with Gasteiger partial charge in [-0.1, -0.05) is 13.8 Å². The van der Waals surface area contributed by atoms with Crippen molar-refractivity contribution in [2.24, 2.45) is 5.92 Å². The van der Waals surface area contributed by atoms with Crippen LogP contribution in [0.4, 0.5) is 4.79 Å².